The monoisotopic (exact) mass is 180 g/mol. The summed E-state index contributed by atoms with van der Waals surface area (Å²) in [5.74, 6) is -0.446. The van der Waals surface area contributed by atoms with E-state index in [1.807, 2.05) is 18.2 Å². The van der Waals surface area contributed by atoms with Crippen molar-refractivity contribution < 1.29 is 4.79 Å². The Bertz CT molecular complexity index is 284. The third-order valence-corrected chi connectivity index (χ3v) is 1.81. The molecule has 4 heteroatoms. The number of nitrogens with zero attached hydrogens (tertiary/aromatic N) is 1. The van der Waals surface area contributed by atoms with Gasteiger partial charge in [-0.05, 0) is 17.5 Å². The first kappa shape index (κ1) is 8.80. The van der Waals surface area contributed by atoms with Crippen molar-refractivity contribution in [3.63, 3.8) is 0 Å². The summed E-state index contributed by atoms with van der Waals surface area (Å²) in [6.07, 6.45) is 3.00. The van der Waals surface area contributed by atoms with Crippen LogP contribution in [0, 0.1) is 0 Å². The number of nitrogens with two attached hydrogens (primary N) is 1. The maximum atomic E-state index is 10.3. The lowest BCUT2D eigenvalue weighted by Gasteiger charge is -1.90. The average Bonchev–Trinajstić information content (AvgIpc) is 2.05. The molecule has 0 spiro atoms. The van der Waals surface area contributed by atoms with Crippen LogP contribution in [-0.4, -0.2) is 10.9 Å². The molecule has 0 aliphatic rings. The minimum atomic E-state index is -0.446. The van der Waals surface area contributed by atoms with Crippen LogP contribution in [0.5, 0.6) is 0 Å². The highest BCUT2D eigenvalue weighted by Gasteiger charge is 1.88. The molecule has 0 saturated heterocycles. The predicted octanol–water partition coefficient (Wildman–Crippen LogP) is 1.17. The molecule has 1 amide bonds. The van der Waals surface area contributed by atoms with Crippen LogP contribution in [0.1, 0.15) is 0 Å². The summed E-state index contributed by atoms with van der Waals surface area (Å²) < 4.78 is 0. The number of carbonyl (C=O) groups excluding carboxylic acids is 1. The second kappa shape index (κ2) is 4.56. The highest BCUT2D eigenvalue weighted by atomic mass is 32.2. The standard InChI is InChI=1S/C8H8N2OS/c9-7(11)4-6-12-8-3-1-2-5-10-8/h1-6H,(H2,9,11). The molecule has 0 radical (unpaired) electrons. The lowest BCUT2D eigenvalue weighted by atomic mass is 10.5. The maximum Gasteiger partial charge on any atom is 0.241 e. The molecule has 3 nitrogen and oxygen atoms in total. The Morgan fingerprint density at radius 2 is 2.42 bits per heavy atom. The SMILES string of the molecule is NC(=O)C=CSc1ccccn1. The number of rotatable bonds is 3. The number of amides is 1. The molecule has 0 aliphatic carbocycles. The molecule has 1 aromatic rings. The number of primary amides is 1. The average molecular weight is 180 g/mol. The lowest BCUT2D eigenvalue weighted by molar-refractivity contribution is -0.113. The molecule has 2 N–H and O–H groups in total. The van der Waals surface area contributed by atoms with Gasteiger partial charge < -0.3 is 5.73 Å². The summed E-state index contributed by atoms with van der Waals surface area (Å²) in [7, 11) is 0. The Kier molecular flexibility index (Phi) is 3.35. The highest BCUT2D eigenvalue weighted by molar-refractivity contribution is 8.02. The molecular weight excluding hydrogens is 172 g/mol. The lowest BCUT2D eigenvalue weighted by Crippen LogP contribution is -2.04. The quantitative estimate of drug-likeness (QED) is 0.561. The minimum Gasteiger partial charge on any atom is -0.366 e. The number of thioether (sulfide) groups is 1. The molecule has 0 aliphatic heterocycles. The van der Waals surface area contributed by atoms with Crippen molar-refractivity contribution in [3.05, 3.63) is 35.9 Å². The van der Waals surface area contributed by atoms with Crippen molar-refractivity contribution in [2.24, 2.45) is 5.73 Å². The molecule has 12 heavy (non-hydrogen) atoms. The van der Waals surface area contributed by atoms with E-state index in [4.69, 9.17) is 5.73 Å². The first-order chi connectivity index (χ1) is 5.79. The van der Waals surface area contributed by atoms with E-state index in [0.29, 0.717) is 0 Å². The maximum absolute atomic E-state index is 10.3. The summed E-state index contributed by atoms with van der Waals surface area (Å²) in [6.45, 7) is 0. The van der Waals surface area contributed by atoms with Gasteiger partial charge in [-0.25, -0.2) is 4.98 Å². The number of hydrogen-bond acceptors (Lipinski definition) is 3. The van der Waals surface area contributed by atoms with Crippen molar-refractivity contribution in [2.45, 2.75) is 5.03 Å². The van der Waals surface area contributed by atoms with Gasteiger partial charge in [-0.3, -0.25) is 4.79 Å². The van der Waals surface area contributed by atoms with Crippen molar-refractivity contribution >= 4 is 17.7 Å². The van der Waals surface area contributed by atoms with E-state index in [9.17, 15) is 4.79 Å². The van der Waals surface area contributed by atoms with Crippen LogP contribution in [0.25, 0.3) is 0 Å². The van der Waals surface area contributed by atoms with Crippen molar-refractivity contribution in [1.82, 2.24) is 4.98 Å². The first-order valence-electron chi connectivity index (χ1n) is 3.33. The smallest absolute Gasteiger partial charge is 0.241 e. The van der Waals surface area contributed by atoms with Crippen molar-refractivity contribution in [1.29, 1.82) is 0 Å². The van der Waals surface area contributed by atoms with E-state index >= 15 is 0 Å². The van der Waals surface area contributed by atoms with Gasteiger partial charge >= 0.3 is 0 Å². The Labute approximate surface area is 74.7 Å². The third kappa shape index (κ3) is 3.21. The zero-order chi connectivity index (χ0) is 8.81. The second-order valence-corrected chi connectivity index (χ2v) is 2.92. The zero-order valence-corrected chi connectivity index (χ0v) is 7.12. The van der Waals surface area contributed by atoms with Gasteiger partial charge in [0.15, 0.2) is 0 Å². The van der Waals surface area contributed by atoms with Crippen molar-refractivity contribution in [3.8, 4) is 0 Å². The van der Waals surface area contributed by atoms with Gasteiger partial charge in [-0.1, -0.05) is 17.8 Å². The fourth-order valence-corrected chi connectivity index (χ4v) is 1.21. The molecule has 0 saturated carbocycles. The molecule has 1 aromatic heterocycles. The predicted molar refractivity (Wildman–Crippen MR) is 48.4 cm³/mol. The van der Waals surface area contributed by atoms with Gasteiger partial charge in [-0.15, -0.1) is 0 Å². The molecule has 1 heterocycles. The normalized spacial score (nSPS) is 10.3. The summed E-state index contributed by atoms with van der Waals surface area (Å²) in [5, 5.41) is 2.46. The van der Waals surface area contributed by atoms with E-state index < -0.39 is 5.91 Å². The van der Waals surface area contributed by atoms with Crippen LogP contribution < -0.4 is 5.73 Å². The van der Waals surface area contributed by atoms with E-state index in [0.717, 1.165) is 5.03 Å². The largest absolute Gasteiger partial charge is 0.366 e. The molecule has 0 unspecified atom stereocenters. The van der Waals surface area contributed by atoms with Crippen LogP contribution in [-0.2, 0) is 4.79 Å². The van der Waals surface area contributed by atoms with Crippen LogP contribution in [0.15, 0.2) is 40.9 Å². The molecule has 0 aromatic carbocycles. The van der Waals surface area contributed by atoms with E-state index in [1.54, 1.807) is 11.6 Å². The molecule has 62 valence electrons. The summed E-state index contributed by atoms with van der Waals surface area (Å²) in [4.78, 5) is 14.3. The number of pyridine rings is 1. The van der Waals surface area contributed by atoms with Gasteiger partial charge in [0.1, 0.15) is 5.03 Å². The van der Waals surface area contributed by atoms with E-state index in [-0.39, 0.29) is 0 Å². The van der Waals surface area contributed by atoms with Gasteiger partial charge in [0.25, 0.3) is 0 Å². The first-order valence-corrected chi connectivity index (χ1v) is 4.20. The summed E-state index contributed by atoms with van der Waals surface area (Å²) >= 11 is 1.36. The van der Waals surface area contributed by atoms with E-state index in [2.05, 4.69) is 4.98 Å². The fourth-order valence-electron chi connectivity index (χ4n) is 0.588. The summed E-state index contributed by atoms with van der Waals surface area (Å²) in [5.41, 5.74) is 4.90. The van der Waals surface area contributed by atoms with E-state index in [1.165, 1.54) is 17.8 Å². The molecule has 0 atom stereocenters. The molecule has 0 fully saturated rings. The van der Waals surface area contributed by atoms with Gasteiger partial charge in [0.05, 0.1) is 0 Å². The Morgan fingerprint density at radius 3 is 3.00 bits per heavy atom. The van der Waals surface area contributed by atoms with Gasteiger partial charge in [0.2, 0.25) is 5.91 Å². The number of aromatic nitrogens is 1. The summed E-state index contributed by atoms with van der Waals surface area (Å²) in [6, 6.07) is 5.57. The highest BCUT2D eigenvalue weighted by Crippen LogP contribution is 2.14. The Balaban J connectivity index is 2.49. The van der Waals surface area contributed by atoms with Crippen LogP contribution >= 0.6 is 11.8 Å². The molecular formula is C8H8N2OS. The topological polar surface area (TPSA) is 56.0 Å². The Morgan fingerprint density at radius 1 is 1.58 bits per heavy atom. The minimum absolute atomic E-state index is 0.446. The molecule has 1 rings (SSSR count). The number of carbonyl (C=O) groups is 1. The third-order valence-electron chi connectivity index (χ3n) is 1.06. The molecule has 0 bridgehead atoms. The van der Waals surface area contributed by atoms with Gasteiger partial charge in [-0.2, -0.15) is 0 Å². The zero-order valence-electron chi connectivity index (χ0n) is 6.31. The number of hydrogen-bond donors (Lipinski definition) is 1. The Hall–Kier alpha value is -1.29. The van der Waals surface area contributed by atoms with Crippen LogP contribution in [0.3, 0.4) is 0 Å². The second-order valence-electron chi connectivity index (χ2n) is 1.99. The van der Waals surface area contributed by atoms with Crippen molar-refractivity contribution in [2.75, 3.05) is 0 Å². The fraction of sp³-hybridized carbons (Fsp3) is 0. The van der Waals surface area contributed by atoms with Gasteiger partial charge in [0, 0.05) is 12.3 Å². The van der Waals surface area contributed by atoms with Crippen LogP contribution in [0.4, 0.5) is 0 Å². The van der Waals surface area contributed by atoms with Crippen LogP contribution in [0.2, 0.25) is 0 Å².